The van der Waals surface area contributed by atoms with Crippen LogP contribution in [0.15, 0.2) is 30.3 Å². The van der Waals surface area contributed by atoms with Gasteiger partial charge in [-0.1, -0.05) is 0 Å². The standard InChI is InChI=1S/C22H25N3O5/c1-14-10-17(19(25(27)28)11-15(14)2)23-22(26)13-24-7-3-4-18(24)16-5-6-20-21(12-16)30-9-8-29-20/h5-6,10-12,18H,3-4,7-9,13H2,1-2H3,(H,23,26)/p+1/t18-/m0/s1. The molecule has 1 amide bonds. The van der Waals surface area contributed by atoms with E-state index >= 15 is 0 Å². The van der Waals surface area contributed by atoms with Crippen molar-refractivity contribution in [2.45, 2.75) is 32.7 Å². The third-order valence-electron chi connectivity index (χ3n) is 5.92. The van der Waals surface area contributed by atoms with Crippen LogP contribution in [0.25, 0.3) is 0 Å². The molecule has 2 heterocycles. The molecule has 30 heavy (non-hydrogen) atoms. The number of carbonyl (C=O) groups excluding carboxylic acids is 1. The summed E-state index contributed by atoms with van der Waals surface area (Å²) in [6.45, 7) is 5.91. The fourth-order valence-corrected chi connectivity index (χ4v) is 4.25. The lowest BCUT2D eigenvalue weighted by Gasteiger charge is -2.24. The van der Waals surface area contributed by atoms with Gasteiger partial charge in [-0.25, -0.2) is 0 Å². The molecule has 2 aromatic rings. The zero-order valence-electron chi connectivity index (χ0n) is 17.2. The monoisotopic (exact) mass is 412 g/mol. The molecule has 2 aliphatic rings. The number of aryl methyl sites for hydroxylation is 2. The topological polar surface area (TPSA) is 95.1 Å². The van der Waals surface area contributed by atoms with E-state index in [9.17, 15) is 14.9 Å². The van der Waals surface area contributed by atoms with Gasteiger partial charge < -0.3 is 19.7 Å². The highest BCUT2D eigenvalue weighted by Crippen LogP contribution is 2.33. The number of nitrogens with one attached hydrogen (secondary N) is 2. The maximum Gasteiger partial charge on any atom is 0.293 e. The highest BCUT2D eigenvalue weighted by atomic mass is 16.6. The number of nitro groups is 1. The number of ether oxygens (including phenoxy) is 2. The number of likely N-dealkylation sites (tertiary alicyclic amines) is 1. The first-order valence-corrected chi connectivity index (χ1v) is 10.2. The van der Waals surface area contributed by atoms with Crippen molar-refractivity contribution >= 4 is 17.3 Å². The Bertz CT molecular complexity index is 991. The van der Waals surface area contributed by atoms with Gasteiger partial charge in [0, 0.05) is 24.5 Å². The fraction of sp³-hybridized carbons (Fsp3) is 0.409. The van der Waals surface area contributed by atoms with Crippen molar-refractivity contribution in [2.24, 2.45) is 0 Å². The first kappa shape index (κ1) is 20.2. The minimum atomic E-state index is -0.456. The van der Waals surface area contributed by atoms with Gasteiger partial charge in [0.15, 0.2) is 18.0 Å². The van der Waals surface area contributed by atoms with Crippen molar-refractivity contribution in [1.82, 2.24) is 0 Å². The van der Waals surface area contributed by atoms with Crippen LogP contribution in [0.4, 0.5) is 11.4 Å². The Kier molecular flexibility index (Phi) is 5.59. The number of quaternary nitrogens is 1. The second-order valence-electron chi connectivity index (χ2n) is 7.94. The summed E-state index contributed by atoms with van der Waals surface area (Å²) in [6.07, 6.45) is 2.00. The Balaban J connectivity index is 1.48. The number of rotatable bonds is 5. The third kappa shape index (κ3) is 4.09. The average molecular weight is 412 g/mol. The van der Waals surface area contributed by atoms with Crippen molar-refractivity contribution in [3.8, 4) is 11.5 Å². The number of amides is 1. The van der Waals surface area contributed by atoms with Crippen LogP contribution in [0.5, 0.6) is 11.5 Å². The van der Waals surface area contributed by atoms with Gasteiger partial charge in [0.25, 0.3) is 11.6 Å². The van der Waals surface area contributed by atoms with Gasteiger partial charge in [0.05, 0.1) is 11.5 Å². The molecule has 2 atom stereocenters. The van der Waals surface area contributed by atoms with E-state index in [1.807, 2.05) is 32.0 Å². The van der Waals surface area contributed by atoms with E-state index in [0.29, 0.717) is 13.2 Å². The smallest absolute Gasteiger partial charge is 0.293 e. The Morgan fingerprint density at radius 3 is 2.67 bits per heavy atom. The molecule has 0 radical (unpaired) electrons. The Morgan fingerprint density at radius 2 is 1.90 bits per heavy atom. The Hall–Kier alpha value is -3.13. The first-order valence-electron chi connectivity index (χ1n) is 10.2. The average Bonchev–Trinajstić information content (AvgIpc) is 3.17. The van der Waals surface area contributed by atoms with Gasteiger partial charge in [-0.2, -0.15) is 0 Å². The highest BCUT2D eigenvalue weighted by molar-refractivity contribution is 5.94. The lowest BCUT2D eigenvalue weighted by atomic mass is 10.0. The number of anilines is 1. The molecular weight excluding hydrogens is 386 g/mol. The highest BCUT2D eigenvalue weighted by Gasteiger charge is 2.33. The van der Waals surface area contributed by atoms with E-state index in [2.05, 4.69) is 5.32 Å². The third-order valence-corrected chi connectivity index (χ3v) is 5.92. The van der Waals surface area contributed by atoms with Crippen LogP contribution < -0.4 is 19.7 Å². The van der Waals surface area contributed by atoms with Crippen molar-refractivity contribution in [1.29, 1.82) is 0 Å². The van der Waals surface area contributed by atoms with Crippen molar-refractivity contribution in [2.75, 3.05) is 31.6 Å². The summed E-state index contributed by atoms with van der Waals surface area (Å²) in [6, 6.07) is 9.33. The van der Waals surface area contributed by atoms with Gasteiger partial charge in [-0.05, 0) is 49.2 Å². The van der Waals surface area contributed by atoms with Crippen LogP contribution in [0.2, 0.25) is 0 Å². The van der Waals surface area contributed by atoms with E-state index in [0.717, 1.165) is 52.5 Å². The molecule has 0 spiro atoms. The number of nitro benzene ring substituents is 1. The number of fused-ring (bicyclic) bond motifs is 1. The molecule has 2 aromatic carbocycles. The van der Waals surface area contributed by atoms with Gasteiger partial charge in [0.2, 0.25) is 0 Å². The molecule has 1 saturated heterocycles. The minimum absolute atomic E-state index is 0.0775. The second-order valence-corrected chi connectivity index (χ2v) is 7.94. The van der Waals surface area contributed by atoms with Gasteiger partial charge in [-0.3, -0.25) is 14.9 Å². The zero-order valence-corrected chi connectivity index (χ0v) is 17.2. The number of nitrogens with zero attached hydrogens (tertiary/aromatic N) is 1. The van der Waals surface area contributed by atoms with Crippen molar-refractivity contribution < 1.29 is 24.1 Å². The summed E-state index contributed by atoms with van der Waals surface area (Å²) in [5.41, 5.74) is 3.02. The van der Waals surface area contributed by atoms with E-state index in [1.54, 1.807) is 6.07 Å². The minimum Gasteiger partial charge on any atom is -0.486 e. The van der Waals surface area contributed by atoms with E-state index in [1.165, 1.54) is 6.07 Å². The summed E-state index contributed by atoms with van der Waals surface area (Å²) in [7, 11) is 0. The van der Waals surface area contributed by atoms with E-state index < -0.39 is 4.92 Å². The van der Waals surface area contributed by atoms with Crippen LogP contribution in [0.3, 0.4) is 0 Å². The second kappa shape index (κ2) is 8.31. The predicted octanol–water partition coefficient (Wildman–Crippen LogP) is 2.34. The molecule has 1 unspecified atom stereocenters. The van der Waals surface area contributed by atoms with Crippen molar-refractivity contribution in [3.05, 3.63) is 57.1 Å². The molecule has 0 aromatic heterocycles. The van der Waals surface area contributed by atoms with Gasteiger partial charge >= 0.3 is 0 Å². The van der Waals surface area contributed by atoms with Crippen LogP contribution in [-0.2, 0) is 4.79 Å². The Morgan fingerprint density at radius 1 is 1.17 bits per heavy atom. The van der Waals surface area contributed by atoms with Crippen molar-refractivity contribution in [3.63, 3.8) is 0 Å². The van der Waals surface area contributed by atoms with Crippen LogP contribution in [0.1, 0.15) is 35.6 Å². The Labute approximate surface area is 174 Å². The summed E-state index contributed by atoms with van der Waals surface area (Å²) in [4.78, 5) is 24.8. The van der Waals surface area contributed by atoms with Crippen LogP contribution in [-0.4, -0.2) is 37.1 Å². The molecule has 8 nitrogen and oxygen atoms in total. The number of hydrogen-bond acceptors (Lipinski definition) is 5. The molecule has 8 heteroatoms. The molecule has 2 aliphatic heterocycles. The summed E-state index contributed by atoms with van der Waals surface area (Å²) >= 11 is 0. The van der Waals surface area contributed by atoms with Crippen LogP contribution >= 0.6 is 0 Å². The largest absolute Gasteiger partial charge is 0.486 e. The first-order chi connectivity index (χ1) is 14.4. The lowest BCUT2D eigenvalue weighted by molar-refractivity contribution is -0.910. The molecule has 1 fully saturated rings. The summed E-state index contributed by atoms with van der Waals surface area (Å²) in [5.74, 6) is 1.28. The van der Waals surface area contributed by atoms with Gasteiger partial charge in [-0.15, -0.1) is 0 Å². The van der Waals surface area contributed by atoms with Crippen LogP contribution in [0, 0.1) is 24.0 Å². The molecule has 0 bridgehead atoms. The van der Waals surface area contributed by atoms with Gasteiger partial charge in [0.1, 0.15) is 24.9 Å². The van der Waals surface area contributed by atoms with E-state index in [4.69, 9.17) is 9.47 Å². The van der Waals surface area contributed by atoms with E-state index in [-0.39, 0.29) is 29.9 Å². The number of carbonyl (C=O) groups is 1. The number of benzene rings is 2. The maximum atomic E-state index is 12.7. The SMILES string of the molecule is Cc1cc(NC(=O)C[NH+]2CCC[C@H]2c2ccc3c(c2)OCCO3)c([N+](=O)[O-])cc1C. The summed E-state index contributed by atoms with van der Waals surface area (Å²) < 4.78 is 11.3. The molecule has 158 valence electrons. The molecule has 4 rings (SSSR count). The molecule has 2 N–H and O–H groups in total. The zero-order chi connectivity index (χ0) is 21.3. The quantitative estimate of drug-likeness (QED) is 0.581. The predicted molar refractivity (Wildman–Crippen MR) is 111 cm³/mol. The number of hydrogen-bond donors (Lipinski definition) is 2. The maximum absolute atomic E-state index is 12.7. The normalized spacial score (nSPS) is 20.1. The molecule has 0 saturated carbocycles. The molecule has 0 aliphatic carbocycles. The lowest BCUT2D eigenvalue weighted by Crippen LogP contribution is -3.11. The fourth-order valence-electron chi connectivity index (χ4n) is 4.25. The summed E-state index contributed by atoms with van der Waals surface area (Å²) in [5, 5.41) is 14.2. The molecular formula is C22H26N3O5+.